The lowest BCUT2D eigenvalue weighted by atomic mass is 10.1. The van der Waals surface area contributed by atoms with Gasteiger partial charge in [-0.2, -0.15) is 0 Å². The van der Waals surface area contributed by atoms with Gasteiger partial charge in [0.05, 0.1) is 11.4 Å². The quantitative estimate of drug-likeness (QED) is 0.860. The van der Waals surface area contributed by atoms with Crippen LogP contribution in [0.25, 0.3) is 5.69 Å². The summed E-state index contributed by atoms with van der Waals surface area (Å²) in [6, 6.07) is 6.24. The Balaban J connectivity index is 2.05. The molecule has 3 rings (SSSR count). The van der Waals surface area contributed by atoms with E-state index in [0.717, 1.165) is 29.9 Å². The number of carboxylic acid groups (broad SMARTS) is 1. The van der Waals surface area contributed by atoms with Crippen LogP contribution in [-0.2, 0) is 4.79 Å². The first-order valence-electron chi connectivity index (χ1n) is 6.94. The maximum atomic E-state index is 10.8. The van der Waals surface area contributed by atoms with Crippen LogP contribution in [0.1, 0.15) is 35.7 Å². The molecule has 0 saturated heterocycles. The first-order valence-corrected chi connectivity index (χ1v) is 7.92. The maximum Gasteiger partial charge on any atom is 0.313 e. The number of thioether (sulfide) groups is 1. The zero-order valence-electron chi connectivity index (χ0n) is 12.0. The van der Waals surface area contributed by atoms with Crippen molar-refractivity contribution in [1.82, 2.24) is 14.8 Å². The zero-order chi connectivity index (χ0) is 15.0. The van der Waals surface area contributed by atoms with E-state index in [0.29, 0.717) is 11.1 Å². The largest absolute Gasteiger partial charge is 0.481 e. The van der Waals surface area contributed by atoms with Gasteiger partial charge in [-0.3, -0.25) is 9.36 Å². The third-order valence-corrected chi connectivity index (χ3v) is 4.43. The predicted octanol–water partition coefficient (Wildman–Crippen LogP) is 2.94. The number of hydrogen-bond donors (Lipinski definition) is 1. The van der Waals surface area contributed by atoms with Crippen molar-refractivity contribution in [2.75, 3.05) is 5.75 Å². The molecule has 1 aromatic heterocycles. The SMILES string of the molecule is Cc1ccc(-n2c(SCC(=O)O)nnc2C2CC2)c(C)c1. The van der Waals surface area contributed by atoms with Gasteiger partial charge in [0.15, 0.2) is 5.16 Å². The van der Waals surface area contributed by atoms with E-state index in [2.05, 4.69) is 42.2 Å². The van der Waals surface area contributed by atoms with Gasteiger partial charge >= 0.3 is 5.97 Å². The highest BCUT2D eigenvalue weighted by atomic mass is 32.2. The summed E-state index contributed by atoms with van der Waals surface area (Å²) in [5, 5.41) is 18.0. The Bertz CT molecular complexity index is 692. The molecule has 0 aliphatic heterocycles. The Morgan fingerprint density at radius 1 is 1.38 bits per heavy atom. The number of aryl methyl sites for hydroxylation is 2. The first kappa shape index (κ1) is 14.1. The summed E-state index contributed by atoms with van der Waals surface area (Å²) in [6.45, 7) is 4.12. The molecule has 5 nitrogen and oxygen atoms in total. The molecule has 1 heterocycles. The van der Waals surface area contributed by atoms with E-state index < -0.39 is 5.97 Å². The first-order chi connectivity index (χ1) is 10.1. The molecule has 0 amide bonds. The number of hydrogen-bond acceptors (Lipinski definition) is 4. The lowest BCUT2D eigenvalue weighted by Crippen LogP contribution is -2.06. The van der Waals surface area contributed by atoms with Crippen LogP contribution in [-0.4, -0.2) is 31.6 Å². The van der Waals surface area contributed by atoms with E-state index in [1.165, 1.54) is 17.3 Å². The topological polar surface area (TPSA) is 68.0 Å². The summed E-state index contributed by atoms with van der Waals surface area (Å²) in [7, 11) is 0. The van der Waals surface area contributed by atoms with Gasteiger partial charge in [0.25, 0.3) is 0 Å². The fourth-order valence-electron chi connectivity index (χ4n) is 2.39. The van der Waals surface area contributed by atoms with E-state index >= 15 is 0 Å². The van der Waals surface area contributed by atoms with Gasteiger partial charge < -0.3 is 5.11 Å². The minimum atomic E-state index is -0.844. The number of aliphatic carboxylic acids is 1. The van der Waals surface area contributed by atoms with Crippen LogP contribution in [0.15, 0.2) is 23.4 Å². The Hall–Kier alpha value is -1.82. The summed E-state index contributed by atoms with van der Waals surface area (Å²) in [5.74, 6) is 0.559. The fraction of sp³-hybridized carbons (Fsp3) is 0.400. The van der Waals surface area contributed by atoms with Crippen molar-refractivity contribution < 1.29 is 9.90 Å². The van der Waals surface area contributed by atoms with Crippen molar-refractivity contribution in [3.05, 3.63) is 35.2 Å². The van der Waals surface area contributed by atoms with Crippen LogP contribution in [0.5, 0.6) is 0 Å². The number of aromatic nitrogens is 3. The molecular formula is C15H17N3O2S. The zero-order valence-corrected chi connectivity index (χ0v) is 12.9. The molecule has 21 heavy (non-hydrogen) atoms. The molecule has 1 N–H and O–H groups in total. The van der Waals surface area contributed by atoms with Crippen LogP contribution in [0, 0.1) is 13.8 Å². The molecule has 1 aromatic carbocycles. The molecule has 110 valence electrons. The average Bonchev–Trinajstić information content (AvgIpc) is 3.18. The van der Waals surface area contributed by atoms with Crippen molar-refractivity contribution in [2.45, 2.75) is 37.8 Å². The van der Waals surface area contributed by atoms with Crippen LogP contribution in [0.2, 0.25) is 0 Å². The van der Waals surface area contributed by atoms with Crippen molar-refractivity contribution in [2.24, 2.45) is 0 Å². The minimum absolute atomic E-state index is 0.00624. The summed E-state index contributed by atoms with van der Waals surface area (Å²) in [6.07, 6.45) is 2.26. The highest BCUT2D eigenvalue weighted by molar-refractivity contribution is 7.99. The van der Waals surface area contributed by atoms with Crippen molar-refractivity contribution in [1.29, 1.82) is 0 Å². The van der Waals surface area contributed by atoms with Crippen molar-refractivity contribution >= 4 is 17.7 Å². The Morgan fingerprint density at radius 3 is 2.76 bits per heavy atom. The van der Waals surface area contributed by atoms with Crippen LogP contribution < -0.4 is 0 Å². The second-order valence-electron chi connectivity index (χ2n) is 5.42. The minimum Gasteiger partial charge on any atom is -0.481 e. The molecule has 0 unspecified atom stereocenters. The standard InChI is InChI=1S/C15H17N3O2S/c1-9-3-6-12(10(2)7-9)18-14(11-4-5-11)16-17-15(18)21-8-13(19)20/h3,6-7,11H,4-5,8H2,1-2H3,(H,19,20). The highest BCUT2D eigenvalue weighted by Crippen LogP contribution is 2.41. The second kappa shape index (κ2) is 5.52. The summed E-state index contributed by atoms with van der Waals surface area (Å²) >= 11 is 1.22. The molecule has 0 spiro atoms. The smallest absolute Gasteiger partial charge is 0.313 e. The van der Waals surface area contributed by atoms with E-state index in [9.17, 15) is 4.79 Å². The molecule has 1 saturated carbocycles. The molecule has 2 aromatic rings. The summed E-state index contributed by atoms with van der Waals surface area (Å²) < 4.78 is 2.03. The van der Waals surface area contributed by atoms with Gasteiger partial charge in [-0.05, 0) is 38.3 Å². The van der Waals surface area contributed by atoms with Gasteiger partial charge in [0.1, 0.15) is 5.82 Å². The van der Waals surface area contributed by atoms with Gasteiger partial charge in [-0.25, -0.2) is 0 Å². The highest BCUT2D eigenvalue weighted by Gasteiger charge is 2.31. The number of rotatable bonds is 5. The summed E-state index contributed by atoms with van der Waals surface area (Å²) in [5.41, 5.74) is 3.39. The maximum absolute atomic E-state index is 10.8. The third-order valence-electron chi connectivity index (χ3n) is 3.52. The number of benzene rings is 1. The normalized spacial score (nSPS) is 14.4. The molecule has 0 radical (unpaired) electrons. The number of carbonyl (C=O) groups is 1. The van der Waals surface area contributed by atoms with Gasteiger partial charge in [0, 0.05) is 5.92 Å². The third kappa shape index (κ3) is 2.95. The number of carboxylic acids is 1. The fourth-order valence-corrected chi connectivity index (χ4v) is 3.06. The Labute approximate surface area is 127 Å². The average molecular weight is 303 g/mol. The van der Waals surface area contributed by atoms with E-state index in [-0.39, 0.29) is 5.75 Å². The van der Waals surface area contributed by atoms with Gasteiger partial charge in [-0.15, -0.1) is 10.2 Å². The Morgan fingerprint density at radius 2 is 2.14 bits per heavy atom. The lowest BCUT2D eigenvalue weighted by molar-refractivity contribution is -0.133. The van der Waals surface area contributed by atoms with Crippen LogP contribution in [0.4, 0.5) is 0 Å². The molecule has 6 heteroatoms. The molecule has 1 aliphatic rings. The monoisotopic (exact) mass is 303 g/mol. The Kier molecular flexibility index (Phi) is 3.71. The van der Waals surface area contributed by atoms with E-state index in [1.54, 1.807) is 0 Å². The van der Waals surface area contributed by atoms with Crippen LogP contribution in [0.3, 0.4) is 0 Å². The molecular weight excluding hydrogens is 286 g/mol. The van der Waals surface area contributed by atoms with Crippen molar-refractivity contribution in [3.8, 4) is 5.69 Å². The molecule has 0 atom stereocenters. The number of nitrogens with zero attached hydrogens (tertiary/aromatic N) is 3. The van der Waals surface area contributed by atoms with Crippen molar-refractivity contribution in [3.63, 3.8) is 0 Å². The summed E-state index contributed by atoms with van der Waals surface area (Å²) in [4.78, 5) is 10.8. The predicted molar refractivity (Wildman–Crippen MR) is 81.2 cm³/mol. The van der Waals surface area contributed by atoms with E-state index in [1.807, 2.05) is 4.57 Å². The van der Waals surface area contributed by atoms with Crippen LogP contribution >= 0.6 is 11.8 Å². The van der Waals surface area contributed by atoms with Gasteiger partial charge in [-0.1, -0.05) is 29.5 Å². The molecule has 1 fully saturated rings. The van der Waals surface area contributed by atoms with E-state index in [4.69, 9.17) is 5.11 Å². The molecule has 0 bridgehead atoms. The molecule has 1 aliphatic carbocycles. The van der Waals surface area contributed by atoms with Gasteiger partial charge in [0.2, 0.25) is 0 Å². The lowest BCUT2D eigenvalue weighted by Gasteiger charge is -2.12. The second-order valence-corrected chi connectivity index (χ2v) is 6.37.